The number of amides is 1. The Morgan fingerprint density at radius 1 is 1.46 bits per heavy atom. The molecule has 1 saturated heterocycles. The van der Waals surface area contributed by atoms with E-state index < -0.39 is 5.97 Å². The monoisotopic (exact) mass is 360 g/mol. The highest BCUT2D eigenvalue weighted by Gasteiger charge is 2.19. The first-order chi connectivity index (χ1) is 12.5. The third-order valence-corrected chi connectivity index (χ3v) is 3.94. The van der Waals surface area contributed by atoms with Gasteiger partial charge < -0.3 is 19.9 Å². The zero-order valence-corrected chi connectivity index (χ0v) is 14.3. The first-order valence-corrected chi connectivity index (χ1v) is 8.25. The van der Waals surface area contributed by atoms with Gasteiger partial charge in [-0.2, -0.15) is 0 Å². The Balaban J connectivity index is 1.59. The number of aromatic carboxylic acids is 1. The van der Waals surface area contributed by atoms with E-state index in [1.165, 1.54) is 10.9 Å². The number of benzene rings is 1. The number of aromatic nitrogens is 3. The van der Waals surface area contributed by atoms with Gasteiger partial charge in [-0.3, -0.25) is 4.79 Å². The molecular weight excluding hydrogens is 340 g/mol. The number of carbonyl (C=O) groups is 2. The maximum absolute atomic E-state index is 12.1. The number of carboxylic acid groups (broad SMARTS) is 1. The first-order valence-electron chi connectivity index (χ1n) is 8.25. The number of nitrogens with zero attached hydrogens (tertiary/aromatic N) is 3. The zero-order chi connectivity index (χ0) is 18.5. The molecular formula is C17H20N4O5. The molecule has 1 aliphatic heterocycles. The quantitative estimate of drug-likeness (QED) is 0.749. The van der Waals surface area contributed by atoms with Crippen molar-refractivity contribution >= 4 is 11.9 Å². The lowest BCUT2D eigenvalue weighted by Gasteiger charge is -2.16. The summed E-state index contributed by atoms with van der Waals surface area (Å²) < 4.78 is 12.5. The molecule has 26 heavy (non-hydrogen) atoms. The summed E-state index contributed by atoms with van der Waals surface area (Å²) in [5.41, 5.74) is 1.73. The fourth-order valence-corrected chi connectivity index (χ4v) is 2.57. The van der Waals surface area contributed by atoms with Gasteiger partial charge in [0, 0.05) is 18.5 Å². The molecule has 9 nitrogen and oxygen atoms in total. The number of rotatable bonds is 7. The van der Waals surface area contributed by atoms with Crippen LogP contribution in [0.1, 0.15) is 28.0 Å². The van der Waals surface area contributed by atoms with Crippen LogP contribution in [0.3, 0.4) is 0 Å². The molecule has 2 heterocycles. The van der Waals surface area contributed by atoms with Gasteiger partial charge in [-0.25, -0.2) is 9.48 Å². The van der Waals surface area contributed by atoms with E-state index in [-0.39, 0.29) is 24.2 Å². The molecule has 3 rings (SSSR count). The van der Waals surface area contributed by atoms with Crippen molar-refractivity contribution in [2.75, 3.05) is 13.2 Å². The van der Waals surface area contributed by atoms with Crippen LogP contribution in [0.2, 0.25) is 0 Å². The lowest BCUT2D eigenvalue weighted by atomic mass is 10.1. The van der Waals surface area contributed by atoms with Crippen LogP contribution in [-0.4, -0.2) is 51.3 Å². The van der Waals surface area contributed by atoms with E-state index >= 15 is 0 Å². The van der Waals surface area contributed by atoms with Gasteiger partial charge >= 0.3 is 5.97 Å². The minimum atomic E-state index is -1.19. The summed E-state index contributed by atoms with van der Waals surface area (Å²) >= 11 is 0. The van der Waals surface area contributed by atoms with Gasteiger partial charge in [0.15, 0.2) is 5.69 Å². The fourth-order valence-electron chi connectivity index (χ4n) is 2.57. The topological polar surface area (TPSA) is 116 Å². The predicted octanol–water partition coefficient (Wildman–Crippen LogP) is 0.769. The molecule has 1 unspecified atom stereocenters. The number of ether oxygens (including phenoxy) is 2. The van der Waals surface area contributed by atoms with Crippen LogP contribution in [0.4, 0.5) is 0 Å². The SMILES string of the molecule is Cc1ccc(CNC(=O)Cn2cc(C(=O)O)nn2)c(OC2CCOC2)c1. The Morgan fingerprint density at radius 2 is 2.31 bits per heavy atom. The van der Waals surface area contributed by atoms with E-state index in [2.05, 4.69) is 15.6 Å². The Kier molecular flexibility index (Phi) is 5.47. The number of aryl methyl sites for hydroxylation is 1. The maximum Gasteiger partial charge on any atom is 0.358 e. The van der Waals surface area contributed by atoms with Crippen molar-refractivity contribution in [3.63, 3.8) is 0 Å². The zero-order valence-electron chi connectivity index (χ0n) is 14.3. The van der Waals surface area contributed by atoms with Crippen molar-refractivity contribution in [1.82, 2.24) is 20.3 Å². The van der Waals surface area contributed by atoms with Gasteiger partial charge in [0.1, 0.15) is 18.4 Å². The summed E-state index contributed by atoms with van der Waals surface area (Å²) in [6, 6.07) is 5.81. The second-order valence-electron chi connectivity index (χ2n) is 6.10. The van der Waals surface area contributed by atoms with E-state index in [9.17, 15) is 9.59 Å². The smallest absolute Gasteiger partial charge is 0.358 e. The van der Waals surface area contributed by atoms with Crippen LogP contribution in [0, 0.1) is 6.92 Å². The number of carbonyl (C=O) groups excluding carboxylic acids is 1. The number of carboxylic acids is 1. The molecule has 0 saturated carbocycles. The van der Waals surface area contributed by atoms with Crippen LogP contribution in [-0.2, 0) is 22.6 Å². The molecule has 1 aromatic heterocycles. The second-order valence-corrected chi connectivity index (χ2v) is 6.10. The van der Waals surface area contributed by atoms with E-state index in [1.807, 2.05) is 25.1 Å². The Hall–Kier alpha value is -2.94. The highest BCUT2D eigenvalue weighted by Crippen LogP contribution is 2.23. The number of nitrogens with one attached hydrogen (secondary N) is 1. The van der Waals surface area contributed by atoms with E-state index in [4.69, 9.17) is 14.6 Å². The molecule has 0 spiro atoms. The van der Waals surface area contributed by atoms with Crippen molar-refractivity contribution in [3.05, 3.63) is 41.2 Å². The van der Waals surface area contributed by atoms with Crippen molar-refractivity contribution in [2.24, 2.45) is 0 Å². The van der Waals surface area contributed by atoms with Gasteiger partial charge in [0.25, 0.3) is 0 Å². The third kappa shape index (κ3) is 4.57. The molecule has 1 atom stereocenters. The summed E-state index contributed by atoms with van der Waals surface area (Å²) in [5.74, 6) is -0.758. The van der Waals surface area contributed by atoms with Gasteiger partial charge in [0.2, 0.25) is 5.91 Å². The van der Waals surface area contributed by atoms with Crippen molar-refractivity contribution < 1.29 is 24.2 Å². The Bertz CT molecular complexity index is 798. The highest BCUT2D eigenvalue weighted by molar-refractivity contribution is 5.84. The molecule has 0 aliphatic carbocycles. The molecule has 1 aliphatic rings. The van der Waals surface area contributed by atoms with Crippen LogP contribution in [0.5, 0.6) is 5.75 Å². The Morgan fingerprint density at radius 3 is 3.00 bits per heavy atom. The molecule has 0 bridgehead atoms. The molecule has 1 aromatic carbocycles. The summed E-state index contributed by atoms with van der Waals surface area (Å²) in [7, 11) is 0. The van der Waals surface area contributed by atoms with Gasteiger partial charge in [-0.05, 0) is 18.6 Å². The predicted molar refractivity (Wildman–Crippen MR) is 89.9 cm³/mol. The lowest BCUT2D eigenvalue weighted by Crippen LogP contribution is -2.28. The average Bonchev–Trinajstić information content (AvgIpc) is 3.26. The van der Waals surface area contributed by atoms with Crippen molar-refractivity contribution in [2.45, 2.75) is 32.5 Å². The third-order valence-electron chi connectivity index (χ3n) is 3.94. The van der Waals surface area contributed by atoms with E-state index in [1.54, 1.807) is 0 Å². The summed E-state index contributed by atoms with van der Waals surface area (Å²) in [4.78, 5) is 22.9. The van der Waals surface area contributed by atoms with Crippen LogP contribution < -0.4 is 10.1 Å². The second kappa shape index (κ2) is 7.96. The normalized spacial score (nSPS) is 16.4. The van der Waals surface area contributed by atoms with Gasteiger partial charge in [-0.15, -0.1) is 5.10 Å². The Labute approximate surface area is 149 Å². The van der Waals surface area contributed by atoms with Crippen LogP contribution in [0.25, 0.3) is 0 Å². The number of hydrogen-bond donors (Lipinski definition) is 2. The lowest BCUT2D eigenvalue weighted by molar-refractivity contribution is -0.122. The standard InChI is InChI=1S/C17H20N4O5/c1-11-2-3-12(15(6-11)26-13-4-5-25-10-13)7-18-16(22)9-21-8-14(17(23)24)19-20-21/h2-3,6,8,13H,4-5,7,9-10H2,1H3,(H,18,22)(H,23,24). The van der Waals surface area contributed by atoms with Gasteiger partial charge in [0.05, 0.1) is 19.4 Å². The van der Waals surface area contributed by atoms with E-state index in [0.29, 0.717) is 19.8 Å². The van der Waals surface area contributed by atoms with Crippen LogP contribution >= 0.6 is 0 Å². The molecule has 1 amide bonds. The fraction of sp³-hybridized carbons (Fsp3) is 0.412. The molecule has 138 valence electrons. The highest BCUT2D eigenvalue weighted by atomic mass is 16.5. The molecule has 9 heteroatoms. The minimum absolute atomic E-state index is 0.0239. The summed E-state index contributed by atoms with van der Waals surface area (Å²) in [6.07, 6.45) is 2.08. The largest absolute Gasteiger partial charge is 0.488 e. The first kappa shape index (κ1) is 17.9. The summed E-state index contributed by atoms with van der Waals surface area (Å²) in [6.45, 7) is 3.42. The molecule has 2 N–H and O–H groups in total. The van der Waals surface area contributed by atoms with Crippen LogP contribution in [0.15, 0.2) is 24.4 Å². The summed E-state index contributed by atoms with van der Waals surface area (Å²) in [5, 5.41) is 18.7. The average molecular weight is 360 g/mol. The minimum Gasteiger partial charge on any atom is -0.488 e. The van der Waals surface area contributed by atoms with Crippen molar-refractivity contribution in [1.29, 1.82) is 0 Å². The van der Waals surface area contributed by atoms with E-state index in [0.717, 1.165) is 23.3 Å². The molecule has 0 radical (unpaired) electrons. The molecule has 1 fully saturated rings. The van der Waals surface area contributed by atoms with Crippen molar-refractivity contribution in [3.8, 4) is 5.75 Å². The maximum atomic E-state index is 12.1. The number of hydrogen-bond acceptors (Lipinski definition) is 6. The van der Waals surface area contributed by atoms with Gasteiger partial charge in [-0.1, -0.05) is 17.3 Å². The molecule has 2 aromatic rings.